The summed E-state index contributed by atoms with van der Waals surface area (Å²) in [6.07, 6.45) is 0. The highest BCUT2D eigenvalue weighted by molar-refractivity contribution is 8.01. The van der Waals surface area contributed by atoms with Crippen LogP contribution in [0.3, 0.4) is 0 Å². The number of amides is 1. The van der Waals surface area contributed by atoms with Gasteiger partial charge in [-0.05, 0) is 24.3 Å². The molecule has 3 N–H and O–H groups in total. The summed E-state index contributed by atoms with van der Waals surface area (Å²) in [5.74, 6) is -3.49. The monoisotopic (exact) mass is 433 g/mol. The number of carbonyl (C=O) groups is 3. The molecule has 3 rings (SSSR count). The lowest BCUT2D eigenvalue weighted by Gasteiger charge is -2.08. The number of nitrogens with one attached hydrogen (secondary N) is 1. The summed E-state index contributed by atoms with van der Waals surface area (Å²) in [5.41, 5.74) is -0.760. The number of carboxylic acid groups (broad SMARTS) is 2. The second-order valence-electron chi connectivity index (χ2n) is 5.56. The number of nitro benzene ring substituents is 1. The number of carbonyl (C=O) groups excluding carboxylic acids is 1. The maximum absolute atomic E-state index is 12.6. The molecule has 10 nitrogen and oxygen atoms in total. The predicted octanol–water partition coefficient (Wildman–Crippen LogP) is 3.33. The van der Waals surface area contributed by atoms with E-state index in [1.165, 1.54) is 23.5 Å². The number of aromatic nitrogens is 1. The normalized spacial score (nSPS) is 10.6. The number of aromatic carboxylic acids is 1. The zero-order chi connectivity index (χ0) is 21.1. The van der Waals surface area contributed by atoms with Crippen molar-refractivity contribution in [3.8, 4) is 0 Å². The standard InChI is InChI=1S/C17H11N3O7S2/c21-13(22)7-28-17-19-10-5-4-8(6-12(10)29-17)18-15(23)9-2-1-3-11(20(26)27)14(9)16(24)25/h1-6H,7H2,(H,18,23)(H,21,22)(H,24,25). The summed E-state index contributed by atoms with van der Waals surface area (Å²) in [6.45, 7) is 0. The van der Waals surface area contributed by atoms with Crippen LogP contribution in [0, 0.1) is 10.1 Å². The third-order valence-electron chi connectivity index (χ3n) is 3.64. The van der Waals surface area contributed by atoms with Crippen molar-refractivity contribution < 1.29 is 29.5 Å². The summed E-state index contributed by atoms with van der Waals surface area (Å²) in [5, 5.41) is 31.6. The highest BCUT2D eigenvalue weighted by atomic mass is 32.2. The first-order valence-corrected chi connectivity index (χ1v) is 9.63. The number of aliphatic carboxylic acids is 1. The summed E-state index contributed by atoms with van der Waals surface area (Å²) >= 11 is 2.32. The van der Waals surface area contributed by atoms with Gasteiger partial charge in [0.2, 0.25) is 0 Å². The predicted molar refractivity (Wildman–Crippen MR) is 106 cm³/mol. The van der Waals surface area contributed by atoms with Gasteiger partial charge in [-0.15, -0.1) is 11.3 Å². The fourth-order valence-corrected chi connectivity index (χ4v) is 4.30. The van der Waals surface area contributed by atoms with E-state index in [1.54, 1.807) is 18.2 Å². The van der Waals surface area contributed by atoms with E-state index in [1.807, 2.05) is 0 Å². The van der Waals surface area contributed by atoms with Gasteiger partial charge in [0.25, 0.3) is 11.6 Å². The second-order valence-corrected chi connectivity index (χ2v) is 7.81. The molecule has 0 unspecified atom stereocenters. The van der Waals surface area contributed by atoms with E-state index in [0.717, 1.165) is 17.8 Å². The van der Waals surface area contributed by atoms with Crippen LogP contribution in [0.25, 0.3) is 10.2 Å². The van der Waals surface area contributed by atoms with E-state index >= 15 is 0 Å². The Kier molecular flexibility index (Phi) is 5.75. The number of hydrogen-bond acceptors (Lipinski definition) is 8. The van der Waals surface area contributed by atoms with Gasteiger partial charge in [0.15, 0.2) is 4.34 Å². The van der Waals surface area contributed by atoms with E-state index in [-0.39, 0.29) is 11.3 Å². The summed E-state index contributed by atoms with van der Waals surface area (Å²) in [4.78, 5) is 49.2. The molecule has 0 fully saturated rings. The Morgan fingerprint density at radius 2 is 1.97 bits per heavy atom. The van der Waals surface area contributed by atoms with Crippen molar-refractivity contribution in [2.24, 2.45) is 0 Å². The van der Waals surface area contributed by atoms with Crippen molar-refractivity contribution >= 4 is 62.5 Å². The van der Waals surface area contributed by atoms with Crippen molar-refractivity contribution in [1.29, 1.82) is 0 Å². The molecule has 0 saturated heterocycles. The Morgan fingerprint density at radius 3 is 2.62 bits per heavy atom. The van der Waals surface area contributed by atoms with E-state index < -0.39 is 34.0 Å². The second kappa shape index (κ2) is 8.24. The summed E-state index contributed by atoms with van der Waals surface area (Å²) in [7, 11) is 0. The molecular formula is C17H11N3O7S2. The molecule has 3 aromatic rings. The molecule has 2 aromatic carbocycles. The molecule has 0 saturated carbocycles. The highest BCUT2D eigenvalue weighted by Gasteiger charge is 2.27. The van der Waals surface area contributed by atoms with Crippen molar-refractivity contribution in [2.75, 3.05) is 11.1 Å². The number of carboxylic acids is 2. The molecule has 29 heavy (non-hydrogen) atoms. The van der Waals surface area contributed by atoms with Crippen LogP contribution in [0.4, 0.5) is 11.4 Å². The minimum Gasteiger partial charge on any atom is -0.481 e. The molecular weight excluding hydrogens is 422 g/mol. The van der Waals surface area contributed by atoms with Crippen molar-refractivity contribution in [1.82, 2.24) is 4.98 Å². The Morgan fingerprint density at radius 1 is 1.21 bits per heavy atom. The van der Waals surface area contributed by atoms with Gasteiger partial charge >= 0.3 is 11.9 Å². The molecule has 0 atom stereocenters. The van der Waals surface area contributed by atoms with Crippen LogP contribution in [-0.4, -0.2) is 43.7 Å². The fraction of sp³-hybridized carbons (Fsp3) is 0.0588. The van der Waals surface area contributed by atoms with Gasteiger partial charge in [-0.2, -0.15) is 0 Å². The van der Waals surface area contributed by atoms with E-state index in [4.69, 9.17) is 5.11 Å². The molecule has 1 heterocycles. The third-order valence-corrected chi connectivity index (χ3v) is 5.79. The van der Waals surface area contributed by atoms with E-state index in [9.17, 15) is 29.6 Å². The lowest BCUT2D eigenvalue weighted by atomic mass is 10.0. The van der Waals surface area contributed by atoms with Crippen molar-refractivity contribution in [3.05, 3.63) is 57.6 Å². The Bertz CT molecular complexity index is 1160. The molecule has 1 amide bonds. The van der Waals surface area contributed by atoms with Crippen LogP contribution < -0.4 is 5.32 Å². The fourth-order valence-electron chi connectivity index (χ4n) is 2.47. The first-order valence-electron chi connectivity index (χ1n) is 7.83. The molecule has 0 bridgehead atoms. The Labute approximate surface area is 170 Å². The molecule has 0 aliphatic carbocycles. The highest BCUT2D eigenvalue weighted by Crippen LogP contribution is 2.31. The van der Waals surface area contributed by atoms with Gasteiger partial charge in [-0.1, -0.05) is 17.8 Å². The van der Waals surface area contributed by atoms with Crippen LogP contribution in [0.2, 0.25) is 0 Å². The molecule has 0 aliphatic heterocycles. The number of rotatable bonds is 7. The molecule has 12 heteroatoms. The Balaban J connectivity index is 1.88. The number of anilines is 1. The van der Waals surface area contributed by atoms with Crippen LogP contribution in [-0.2, 0) is 4.79 Å². The van der Waals surface area contributed by atoms with Crippen molar-refractivity contribution in [3.63, 3.8) is 0 Å². The van der Waals surface area contributed by atoms with Gasteiger partial charge in [-0.3, -0.25) is 19.7 Å². The van der Waals surface area contributed by atoms with Gasteiger partial charge in [-0.25, -0.2) is 9.78 Å². The zero-order valence-electron chi connectivity index (χ0n) is 14.3. The molecule has 1 aromatic heterocycles. The van der Waals surface area contributed by atoms with Crippen molar-refractivity contribution in [2.45, 2.75) is 4.34 Å². The number of fused-ring (bicyclic) bond motifs is 1. The third kappa shape index (κ3) is 4.50. The van der Waals surface area contributed by atoms with Crippen LogP contribution >= 0.6 is 23.1 Å². The largest absolute Gasteiger partial charge is 0.481 e. The quantitative estimate of drug-likeness (QED) is 0.288. The number of benzene rings is 2. The summed E-state index contributed by atoms with van der Waals surface area (Å²) < 4.78 is 1.24. The molecule has 0 radical (unpaired) electrons. The minimum atomic E-state index is -1.58. The average molecular weight is 433 g/mol. The smallest absolute Gasteiger partial charge is 0.343 e. The van der Waals surface area contributed by atoms with Crippen LogP contribution in [0.1, 0.15) is 20.7 Å². The maximum atomic E-state index is 12.6. The van der Waals surface area contributed by atoms with Gasteiger partial charge in [0.05, 0.1) is 26.5 Å². The van der Waals surface area contributed by atoms with E-state index in [0.29, 0.717) is 20.2 Å². The first-order chi connectivity index (χ1) is 13.8. The van der Waals surface area contributed by atoms with Gasteiger partial charge in [0.1, 0.15) is 5.56 Å². The first kappa shape index (κ1) is 20.2. The van der Waals surface area contributed by atoms with E-state index in [2.05, 4.69) is 10.3 Å². The molecule has 0 spiro atoms. The average Bonchev–Trinajstić information content (AvgIpc) is 3.07. The minimum absolute atomic E-state index is 0.131. The number of hydrogen-bond donors (Lipinski definition) is 3. The number of nitrogens with zero attached hydrogens (tertiary/aromatic N) is 2. The van der Waals surface area contributed by atoms with Crippen LogP contribution in [0.5, 0.6) is 0 Å². The molecule has 148 valence electrons. The van der Waals surface area contributed by atoms with Crippen LogP contribution in [0.15, 0.2) is 40.7 Å². The van der Waals surface area contributed by atoms with Gasteiger partial charge < -0.3 is 15.5 Å². The lowest BCUT2D eigenvalue weighted by Crippen LogP contribution is -2.17. The SMILES string of the molecule is O=C(O)CSc1nc2ccc(NC(=O)c3cccc([N+](=O)[O-])c3C(=O)O)cc2s1. The number of thioether (sulfide) groups is 1. The lowest BCUT2D eigenvalue weighted by molar-refractivity contribution is -0.385. The topological polar surface area (TPSA) is 160 Å². The Hall–Kier alpha value is -3.51. The maximum Gasteiger partial charge on any atom is 0.343 e. The number of thiazole rings is 1. The summed E-state index contributed by atoms with van der Waals surface area (Å²) in [6, 6.07) is 8.21. The van der Waals surface area contributed by atoms with Gasteiger partial charge in [0, 0.05) is 11.8 Å². The zero-order valence-corrected chi connectivity index (χ0v) is 16.0. The molecule has 0 aliphatic rings. The number of nitro groups is 1.